The van der Waals surface area contributed by atoms with Gasteiger partial charge in [0.1, 0.15) is 23.0 Å². The topological polar surface area (TPSA) is 71.0 Å². The van der Waals surface area contributed by atoms with Crippen molar-refractivity contribution >= 4 is 10.8 Å². The molecule has 0 radical (unpaired) electrons. The molecule has 4 rings (SSSR count). The maximum Gasteiger partial charge on any atom is 0.130 e. The quantitative estimate of drug-likeness (QED) is 0.594. The maximum absolute atomic E-state index is 11.1. The Bertz CT molecular complexity index is 1110. The molecule has 0 saturated carbocycles. The number of phenols is 2. The third-order valence-corrected chi connectivity index (χ3v) is 5.88. The van der Waals surface area contributed by atoms with E-state index in [1.54, 1.807) is 26.4 Å². The predicted octanol–water partition coefficient (Wildman–Crippen LogP) is 4.84. The van der Waals surface area contributed by atoms with Gasteiger partial charge in [-0.2, -0.15) is 0 Å². The van der Waals surface area contributed by atoms with Gasteiger partial charge in [0.25, 0.3) is 0 Å². The van der Waals surface area contributed by atoms with E-state index < -0.39 is 0 Å². The Morgan fingerprint density at radius 3 is 2.38 bits per heavy atom. The van der Waals surface area contributed by atoms with Gasteiger partial charge in [-0.25, -0.2) is 0 Å². The lowest BCUT2D eigenvalue weighted by atomic mass is 9.81. The van der Waals surface area contributed by atoms with Crippen LogP contribution in [0.15, 0.2) is 30.3 Å². The number of fused-ring (bicyclic) bond motifs is 2. The third-order valence-electron chi connectivity index (χ3n) is 5.88. The van der Waals surface area contributed by atoms with E-state index in [9.17, 15) is 10.2 Å². The molecule has 3 aromatic carbocycles. The van der Waals surface area contributed by atoms with Gasteiger partial charge in [-0.1, -0.05) is 12.1 Å². The molecule has 152 valence electrons. The molecule has 3 aromatic rings. The molecule has 5 nitrogen and oxygen atoms in total. The van der Waals surface area contributed by atoms with Gasteiger partial charge in [-0.15, -0.1) is 0 Å². The molecule has 0 spiro atoms. The van der Waals surface area contributed by atoms with Crippen LogP contribution in [0.1, 0.15) is 36.6 Å². The minimum Gasteiger partial charge on any atom is -0.507 e. The third kappa shape index (κ3) is 2.97. The van der Waals surface area contributed by atoms with Crippen LogP contribution in [0.5, 0.6) is 23.0 Å². The Morgan fingerprint density at radius 2 is 1.69 bits per heavy atom. The lowest BCUT2D eigenvalue weighted by molar-refractivity contribution is 0.377. The number of hydrogen-bond acceptors (Lipinski definition) is 5. The van der Waals surface area contributed by atoms with Gasteiger partial charge in [0.05, 0.1) is 19.6 Å². The second-order valence-corrected chi connectivity index (χ2v) is 7.83. The van der Waals surface area contributed by atoms with Crippen LogP contribution in [0, 0.1) is 6.92 Å². The molecule has 1 aliphatic rings. The second kappa shape index (κ2) is 7.16. The highest BCUT2D eigenvalue weighted by molar-refractivity contribution is 6.06. The molecule has 2 unspecified atom stereocenters. The number of ether oxygens (including phenoxy) is 2. The van der Waals surface area contributed by atoms with Crippen molar-refractivity contribution in [3.8, 4) is 34.1 Å². The van der Waals surface area contributed by atoms with E-state index in [1.807, 2.05) is 25.1 Å². The zero-order chi connectivity index (χ0) is 20.9. The fourth-order valence-corrected chi connectivity index (χ4v) is 4.79. The molecule has 3 N–H and O–H groups in total. The van der Waals surface area contributed by atoms with Crippen molar-refractivity contribution in [2.75, 3.05) is 14.2 Å². The fraction of sp³-hybridized carbons (Fsp3) is 0.333. The Morgan fingerprint density at radius 1 is 0.966 bits per heavy atom. The molecule has 5 heteroatoms. The summed E-state index contributed by atoms with van der Waals surface area (Å²) in [5, 5.41) is 26.8. The van der Waals surface area contributed by atoms with E-state index >= 15 is 0 Å². The first kappa shape index (κ1) is 19.4. The van der Waals surface area contributed by atoms with Crippen LogP contribution in [-0.2, 0) is 6.42 Å². The van der Waals surface area contributed by atoms with Gasteiger partial charge in [-0.3, -0.25) is 0 Å². The van der Waals surface area contributed by atoms with E-state index in [0.717, 1.165) is 39.6 Å². The van der Waals surface area contributed by atoms with Gasteiger partial charge < -0.3 is 25.0 Å². The second-order valence-electron chi connectivity index (χ2n) is 7.83. The summed E-state index contributed by atoms with van der Waals surface area (Å²) in [6.07, 6.45) is 0.769. The molecule has 0 fully saturated rings. The first-order chi connectivity index (χ1) is 13.9. The van der Waals surface area contributed by atoms with Gasteiger partial charge in [0.15, 0.2) is 0 Å². The summed E-state index contributed by atoms with van der Waals surface area (Å²) >= 11 is 0. The molecule has 0 amide bonds. The summed E-state index contributed by atoms with van der Waals surface area (Å²) in [7, 11) is 3.22. The minimum atomic E-state index is 0.0984. The van der Waals surface area contributed by atoms with Gasteiger partial charge >= 0.3 is 0 Å². The first-order valence-corrected chi connectivity index (χ1v) is 9.85. The van der Waals surface area contributed by atoms with Crippen molar-refractivity contribution in [2.24, 2.45) is 0 Å². The molecule has 0 bridgehead atoms. The van der Waals surface area contributed by atoms with Crippen molar-refractivity contribution in [1.29, 1.82) is 0 Å². The summed E-state index contributed by atoms with van der Waals surface area (Å²) < 4.78 is 11.1. The molecule has 1 heterocycles. The van der Waals surface area contributed by atoms with E-state index in [-0.39, 0.29) is 23.6 Å². The van der Waals surface area contributed by atoms with Crippen LogP contribution in [-0.4, -0.2) is 30.5 Å². The molecule has 0 aromatic heterocycles. The van der Waals surface area contributed by atoms with Crippen LogP contribution in [0.4, 0.5) is 0 Å². The van der Waals surface area contributed by atoms with Crippen LogP contribution in [0.3, 0.4) is 0 Å². The molecule has 0 saturated heterocycles. The number of benzene rings is 3. The number of methoxy groups -OCH3 is 2. The number of aryl methyl sites for hydroxylation is 1. The maximum atomic E-state index is 11.1. The fourth-order valence-electron chi connectivity index (χ4n) is 4.79. The summed E-state index contributed by atoms with van der Waals surface area (Å²) in [5.74, 6) is 1.64. The predicted molar refractivity (Wildman–Crippen MR) is 115 cm³/mol. The van der Waals surface area contributed by atoms with E-state index in [0.29, 0.717) is 16.9 Å². The SMILES string of the molecule is COc1cc(O)c(-c2c(C)cc(O)c3c(OC)cccc23)c2c1C(C)NC(C)C2. The Hall–Kier alpha value is -2.92. The van der Waals surface area contributed by atoms with Crippen molar-refractivity contribution in [3.05, 3.63) is 47.0 Å². The largest absolute Gasteiger partial charge is 0.507 e. The molecular weight excluding hydrogens is 366 g/mol. The average molecular weight is 393 g/mol. The smallest absolute Gasteiger partial charge is 0.130 e. The van der Waals surface area contributed by atoms with Gasteiger partial charge in [0, 0.05) is 29.3 Å². The number of nitrogens with one attached hydrogen (secondary N) is 1. The van der Waals surface area contributed by atoms with E-state index in [2.05, 4.69) is 19.2 Å². The van der Waals surface area contributed by atoms with Crippen LogP contribution in [0.25, 0.3) is 21.9 Å². The van der Waals surface area contributed by atoms with Crippen molar-refractivity contribution in [1.82, 2.24) is 5.32 Å². The Balaban J connectivity index is 2.14. The lowest BCUT2D eigenvalue weighted by Gasteiger charge is -2.33. The van der Waals surface area contributed by atoms with Crippen LogP contribution >= 0.6 is 0 Å². The summed E-state index contributed by atoms with van der Waals surface area (Å²) in [6, 6.07) is 9.50. The zero-order valence-electron chi connectivity index (χ0n) is 17.5. The van der Waals surface area contributed by atoms with Crippen molar-refractivity contribution in [2.45, 2.75) is 39.3 Å². The molecule has 29 heavy (non-hydrogen) atoms. The number of aromatic hydroxyl groups is 2. The average Bonchev–Trinajstić information content (AvgIpc) is 2.68. The summed E-state index contributed by atoms with van der Waals surface area (Å²) in [4.78, 5) is 0. The highest BCUT2D eigenvalue weighted by Crippen LogP contribution is 2.49. The zero-order valence-corrected chi connectivity index (χ0v) is 17.5. The number of hydrogen-bond donors (Lipinski definition) is 3. The van der Waals surface area contributed by atoms with Gasteiger partial charge in [0.2, 0.25) is 0 Å². The Kier molecular flexibility index (Phi) is 4.79. The lowest BCUT2D eigenvalue weighted by Crippen LogP contribution is -2.36. The first-order valence-electron chi connectivity index (χ1n) is 9.85. The molecule has 1 aliphatic heterocycles. The number of phenolic OH excluding ortho intramolecular Hbond substituents is 2. The Labute approximate surface area is 170 Å². The highest BCUT2D eigenvalue weighted by atomic mass is 16.5. The monoisotopic (exact) mass is 393 g/mol. The van der Waals surface area contributed by atoms with Gasteiger partial charge in [-0.05, 0) is 61.4 Å². The standard InChI is InChI=1S/C24H27NO4/c1-12-9-17(26)23-15(7-6-8-19(23)28-4)21(12)24-16-10-13(2)25-14(3)22(16)20(29-5)11-18(24)27/h6-9,11,13-14,25-27H,10H2,1-5H3. The molecular formula is C24H27NO4. The summed E-state index contributed by atoms with van der Waals surface area (Å²) in [6.45, 7) is 6.21. The van der Waals surface area contributed by atoms with E-state index in [1.165, 1.54) is 0 Å². The van der Waals surface area contributed by atoms with Crippen molar-refractivity contribution in [3.63, 3.8) is 0 Å². The molecule has 0 aliphatic carbocycles. The van der Waals surface area contributed by atoms with Crippen LogP contribution in [0.2, 0.25) is 0 Å². The summed E-state index contributed by atoms with van der Waals surface area (Å²) in [5.41, 5.74) is 4.76. The minimum absolute atomic E-state index is 0.0984. The van der Waals surface area contributed by atoms with Crippen LogP contribution < -0.4 is 14.8 Å². The normalized spacial score (nSPS) is 18.5. The van der Waals surface area contributed by atoms with Crippen molar-refractivity contribution < 1.29 is 19.7 Å². The molecule has 2 atom stereocenters. The number of rotatable bonds is 3. The highest BCUT2D eigenvalue weighted by Gasteiger charge is 2.30. The van der Waals surface area contributed by atoms with E-state index in [4.69, 9.17) is 9.47 Å².